The summed E-state index contributed by atoms with van der Waals surface area (Å²) >= 11 is 0. The molecule has 0 spiro atoms. The number of hydrogen-bond donors (Lipinski definition) is 2. The Kier molecular flexibility index (Phi) is 3.91. The fraction of sp³-hybridized carbons (Fsp3) is 0.615. The van der Waals surface area contributed by atoms with Gasteiger partial charge in [-0.15, -0.1) is 0 Å². The predicted molar refractivity (Wildman–Crippen MR) is 64.1 cm³/mol. The number of nitrogens with one attached hydrogen (secondary N) is 1. The van der Waals surface area contributed by atoms with E-state index >= 15 is 0 Å². The maximum absolute atomic E-state index is 9.44. The van der Waals surface area contributed by atoms with Crippen LogP contribution in [0, 0.1) is 0 Å². The van der Waals surface area contributed by atoms with Gasteiger partial charge in [0.25, 0.3) is 0 Å². The predicted octanol–water partition coefficient (Wildman–Crippen LogP) is 2.04. The van der Waals surface area contributed by atoms with Crippen LogP contribution in [-0.4, -0.2) is 22.2 Å². The van der Waals surface area contributed by atoms with Gasteiger partial charge in [0.1, 0.15) is 0 Å². The third-order valence-electron chi connectivity index (χ3n) is 3.37. The molecule has 3 heteroatoms. The van der Waals surface area contributed by atoms with Crippen molar-refractivity contribution < 1.29 is 5.11 Å². The Hall–Kier alpha value is -0.930. The van der Waals surface area contributed by atoms with Crippen molar-refractivity contribution in [1.29, 1.82) is 0 Å². The van der Waals surface area contributed by atoms with E-state index in [9.17, 15) is 5.11 Å². The topological polar surface area (TPSA) is 45.1 Å². The molecule has 0 aromatic carbocycles. The van der Waals surface area contributed by atoms with Gasteiger partial charge in [0.15, 0.2) is 0 Å². The molecule has 0 unspecified atom stereocenters. The Morgan fingerprint density at radius 2 is 2.12 bits per heavy atom. The molecule has 3 nitrogen and oxygen atoms in total. The van der Waals surface area contributed by atoms with Gasteiger partial charge in [-0.25, -0.2) is 0 Å². The lowest BCUT2D eigenvalue weighted by atomic mass is 9.92. The lowest BCUT2D eigenvalue weighted by molar-refractivity contribution is 0.114. The van der Waals surface area contributed by atoms with E-state index in [1.165, 1.54) is 5.56 Å². The van der Waals surface area contributed by atoms with Crippen molar-refractivity contribution in [1.82, 2.24) is 10.3 Å². The highest BCUT2D eigenvalue weighted by molar-refractivity contribution is 5.13. The molecule has 0 amide bonds. The van der Waals surface area contributed by atoms with Crippen LogP contribution in [0.3, 0.4) is 0 Å². The number of nitrogens with zero attached hydrogens (tertiary/aromatic N) is 1. The molecular formula is C13H20N2O. The van der Waals surface area contributed by atoms with Crippen molar-refractivity contribution in [2.45, 2.75) is 50.8 Å². The minimum absolute atomic E-state index is 0.0771. The van der Waals surface area contributed by atoms with E-state index in [-0.39, 0.29) is 6.10 Å². The van der Waals surface area contributed by atoms with Crippen molar-refractivity contribution in [3.05, 3.63) is 30.1 Å². The van der Waals surface area contributed by atoms with Crippen LogP contribution >= 0.6 is 0 Å². The molecule has 0 saturated heterocycles. The minimum Gasteiger partial charge on any atom is -0.393 e. The zero-order chi connectivity index (χ0) is 11.4. The van der Waals surface area contributed by atoms with Crippen LogP contribution < -0.4 is 5.32 Å². The van der Waals surface area contributed by atoms with Crippen LogP contribution in [0.25, 0.3) is 0 Å². The highest BCUT2D eigenvalue weighted by atomic mass is 16.3. The van der Waals surface area contributed by atoms with Crippen LogP contribution in [0.1, 0.15) is 44.2 Å². The van der Waals surface area contributed by atoms with Gasteiger partial charge >= 0.3 is 0 Å². The van der Waals surface area contributed by atoms with Crippen LogP contribution in [0.5, 0.6) is 0 Å². The van der Waals surface area contributed by atoms with Gasteiger partial charge in [0.05, 0.1) is 6.10 Å². The lowest BCUT2D eigenvalue weighted by Gasteiger charge is -2.29. The maximum Gasteiger partial charge on any atom is 0.0541 e. The maximum atomic E-state index is 9.44. The van der Waals surface area contributed by atoms with Crippen molar-refractivity contribution in [2.24, 2.45) is 0 Å². The quantitative estimate of drug-likeness (QED) is 0.819. The Balaban J connectivity index is 1.86. The molecular weight excluding hydrogens is 200 g/mol. The second kappa shape index (κ2) is 5.41. The van der Waals surface area contributed by atoms with Gasteiger partial charge in [-0.1, -0.05) is 6.07 Å². The second-order valence-electron chi connectivity index (χ2n) is 4.68. The molecule has 1 fully saturated rings. The number of aromatic nitrogens is 1. The number of pyridine rings is 1. The molecule has 1 aromatic rings. The van der Waals surface area contributed by atoms with Crippen molar-refractivity contribution in [3.8, 4) is 0 Å². The first-order valence-electron chi connectivity index (χ1n) is 6.09. The number of aliphatic hydroxyl groups is 1. The molecule has 1 aromatic heterocycles. The van der Waals surface area contributed by atoms with Gasteiger partial charge in [-0.2, -0.15) is 0 Å². The van der Waals surface area contributed by atoms with Crippen LogP contribution in [-0.2, 0) is 0 Å². The summed E-state index contributed by atoms with van der Waals surface area (Å²) in [6, 6.07) is 4.95. The van der Waals surface area contributed by atoms with E-state index in [4.69, 9.17) is 0 Å². The fourth-order valence-corrected chi connectivity index (χ4v) is 2.32. The molecule has 88 valence electrons. The average Bonchev–Trinajstić information content (AvgIpc) is 2.33. The van der Waals surface area contributed by atoms with Crippen molar-refractivity contribution >= 4 is 0 Å². The summed E-state index contributed by atoms with van der Waals surface area (Å²) in [7, 11) is 0. The summed E-state index contributed by atoms with van der Waals surface area (Å²) in [6.07, 6.45) is 7.64. The highest BCUT2D eigenvalue weighted by Crippen LogP contribution is 2.21. The Morgan fingerprint density at radius 3 is 2.75 bits per heavy atom. The Morgan fingerprint density at radius 1 is 1.38 bits per heavy atom. The van der Waals surface area contributed by atoms with E-state index in [1.807, 2.05) is 12.3 Å². The molecule has 0 aliphatic heterocycles. The van der Waals surface area contributed by atoms with E-state index in [0.29, 0.717) is 12.1 Å². The molecule has 1 aliphatic rings. The summed E-state index contributed by atoms with van der Waals surface area (Å²) in [5, 5.41) is 13.0. The summed E-state index contributed by atoms with van der Waals surface area (Å²) in [6.45, 7) is 2.17. The third kappa shape index (κ3) is 3.03. The lowest BCUT2D eigenvalue weighted by Crippen LogP contribution is -2.36. The first-order chi connectivity index (χ1) is 7.75. The van der Waals surface area contributed by atoms with E-state index in [1.54, 1.807) is 6.20 Å². The average molecular weight is 220 g/mol. The monoisotopic (exact) mass is 220 g/mol. The minimum atomic E-state index is -0.0771. The number of aliphatic hydroxyl groups excluding tert-OH is 1. The summed E-state index contributed by atoms with van der Waals surface area (Å²) in [4.78, 5) is 4.13. The van der Waals surface area contributed by atoms with Gasteiger partial charge < -0.3 is 10.4 Å². The Labute approximate surface area is 96.9 Å². The first kappa shape index (κ1) is 11.6. The van der Waals surface area contributed by atoms with Gasteiger partial charge in [-0.3, -0.25) is 4.98 Å². The van der Waals surface area contributed by atoms with Gasteiger partial charge in [0.2, 0.25) is 0 Å². The largest absolute Gasteiger partial charge is 0.393 e. The molecule has 2 N–H and O–H groups in total. The summed E-state index contributed by atoms with van der Waals surface area (Å²) in [5.41, 5.74) is 1.23. The normalized spacial score (nSPS) is 27.6. The zero-order valence-electron chi connectivity index (χ0n) is 9.76. The third-order valence-corrected chi connectivity index (χ3v) is 3.37. The van der Waals surface area contributed by atoms with Crippen LogP contribution in [0.2, 0.25) is 0 Å². The van der Waals surface area contributed by atoms with Gasteiger partial charge in [-0.05, 0) is 44.2 Å². The number of rotatable bonds is 3. The fourth-order valence-electron chi connectivity index (χ4n) is 2.32. The van der Waals surface area contributed by atoms with Gasteiger partial charge in [0, 0.05) is 24.5 Å². The first-order valence-corrected chi connectivity index (χ1v) is 6.09. The molecule has 16 heavy (non-hydrogen) atoms. The molecule has 1 atom stereocenters. The van der Waals surface area contributed by atoms with E-state index in [0.717, 1.165) is 25.7 Å². The zero-order valence-corrected chi connectivity index (χ0v) is 9.76. The molecule has 0 bridgehead atoms. The SMILES string of the molecule is C[C@@H](NC1CCC(O)CC1)c1cccnc1. The highest BCUT2D eigenvalue weighted by Gasteiger charge is 2.20. The Bertz CT molecular complexity index is 307. The molecule has 0 radical (unpaired) electrons. The van der Waals surface area contributed by atoms with E-state index < -0.39 is 0 Å². The summed E-state index contributed by atoms with van der Waals surface area (Å²) < 4.78 is 0. The summed E-state index contributed by atoms with van der Waals surface area (Å²) in [5.74, 6) is 0. The molecule has 1 aliphatic carbocycles. The smallest absolute Gasteiger partial charge is 0.0541 e. The molecule has 2 rings (SSSR count). The van der Waals surface area contributed by atoms with E-state index in [2.05, 4.69) is 23.3 Å². The van der Waals surface area contributed by atoms with Crippen LogP contribution in [0.15, 0.2) is 24.5 Å². The van der Waals surface area contributed by atoms with Crippen molar-refractivity contribution in [3.63, 3.8) is 0 Å². The second-order valence-corrected chi connectivity index (χ2v) is 4.68. The standard InChI is InChI=1S/C13H20N2O/c1-10(11-3-2-8-14-9-11)15-12-4-6-13(16)7-5-12/h2-3,8-10,12-13,15-16H,4-7H2,1H3/t10-,12?,13?/m1/s1. The van der Waals surface area contributed by atoms with Crippen LogP contribution in [0.4, 0.5) is 0 Å². The molecule has 1 saturated carbocycles. The molecule has 1 heterocycles. The number of hydrogen-bond acceptors (Lipinski definition) is 3. The van der Waals surface area contributed by atoms with Crippen molar-refractivity contribution in [2.75, 3.05) is 0 Å².